The molecule has 1 aliphatic heterocycles. The minimum atomic E-state index is 0.754. The number of nitrogens with one attached hydrogen (secondary N) is 1. The first-order valence-electron chi connectivity index (χ1n) is 7.37. The van der Waals surface area contributed by atoms with Crippen LogP contribution in [0.15, 0.2) is 12.3 Å². The van der Waals surface area contributed by atoms with Gasteiger partial charge in [-0.2, -0.15) is 4.98 Å². The Kier molecular flexibility index (Phi) is 5.39. The van der Waals surface area contributed by atoms with Gasteiger partial charge < -0.3 is 15.1 Å². The van der Waals surface area contributed by atoms with Gasteiger partial charge in [-0.25, -0.2) is 4.98 Å². The van der Waals surface area contributed by atoms with Gasteiger partial charge in [-0.3, -0.25) is 0 Å². The zero-order chi connectivity index (χ0) is 13.5. The first-order valence-corrected chi connectivity index (χ1v) is 7.37. The lowest BCUT2D eigenvalue weighted by Crippen LogP contribution is -2.46. The average molecular weight is 263 g/mol. The first kappa shape index (κ1) is 14.1. The van der Waals surface area contributed by atoms with Crippen LogP contribution >= 0.6 is 0 Å². The number of piperazine rings is 1. The van der Waals surface area contributed by atoms with Gasteiger partial charge in [0.1, 0.15) is 5.82 Å². The highest BCUT2D eigenvalue weighted by molar-refractivity contribution is 5.42. The van der Waals surface area contributed by atoms with Crippen LogP contribution in [-0.4, -0.2) is 54.1 Å². The summed E-state index contributed by atoms with van der Waals surface area (Å²) in [7, 11) is 0. The van der Waals surface area contributed by atoms with Crippen LogP contribution in [-0.2, 0) is 0 Å². The van der Waals surface area contributed by atoms with E-state index in [0.717, 1.165) is 57.5 Å². The molecule has 5 nitrogen and oxygen atoms in total. The Balaban J connectivity index is 1.91. The summed E-state index contributed by atoms with van der Waals surface area (Å²) in [6, 6.07) is 2.01. The fourth-order valence-electron chi connectivity index (χ4n) is 2.28. The number of hydrogen-bond acceptors (Lipinski definition) is 5. The second-order valence-electron chi connectivity index (χ2n) is 4.94. The van der Waals surface area contributed by atoms with Crippen molar-refractivity contribution in [3.63, 3.8) is 0 Å². The number of hydrogen-bond donors (Lipinski definition) is 1. The number of anilines is 2. The Morgan fingerprint density at radius 3 is 2.68 bits per heavy atom. The summed E-state index contributed by atoms with van der Waals surface area (Å²) >= 11 is 0. The normalized spacial score (nSPS) is 16.6. The average Bonchev–Trinajstić information content (AvgIpc) is 2.48. The van der Waals surface area contributed by atoms with Gasteiger partial charge in [-0.1, -0.05) is 20.3 Å². The molecule has 1 fully saturated rings. The fraction of sp³-hybridized carbons (Fsp3) is 0.714. The fourth-order valence-corrected chi connectivity index (χ4v) is 2.28. The summed E-state index contributed by atoms with van der Waals surface area (Å²) in [5, 5.41) is 3.29. The van der Waals surface area contributed by atoms with Gasteiger partial charge in [0.25, 0.3) is 0 Å². The summed E-state index contributed by atoms with van der Waals surface area (Å²) in [5.41, 5.74) is 0. The van der Waals surface area contributed by atoms with E-state index in [1.54, 1.807) is 0 Å². The summed E-state index contributed by atoms with van der Waals surface area (Å²) in [6.07, 6.45) is 4.19. The molecule has 106 valence electrons. The molecule has 1 N–H and O–H groups in total. The van der Waals surface area contributed by atoms with E-state index in [-0.39, 0.29) is 0 Å². The molecule has 0 unspecified atom stereocenters. The molecule has 0 saturated carbocycles. The van der Waals surface area contributed by atoms with Crippen LogP contribution in [0, 0.1) is 0 Å². The lowest BCUT2D eigenvalue weighted by Gasteiger charge is -2.34. The van der Waals surface area contributed by atoms with Gasteiger partial charge in [0, 0.05) is 38.9 Å². The number of rotatable bonds is 6. The van der Waals surface area contributed by atoms with Crippen LogP contribution in [0.25, 0.3) is 0 Å². The standard InChI is InChI=1S/C14H25N5/c1-3-5-7-15-14-16-8-6-13(17-14)19-11-9-18(4-2)10-12-19/h6,8H,3-5,7,9-12H2,1-2H3,(H,15,16,17). The zero-order valence-electron chi connectivity index (χ0n) is 12.1. The molecule has 0 bridgehead atoms. The van der Waals surface area contributed by atoms with Crippen molar-refractivity contribution in [1.82, 2.24) is 14.9 Å². The van der Waals surface area contributed by atoms with Crippen LogP contribution in [0.1, 0.15) is 26.7 Å². The predicted octanol–water partition coefficient (Wildman–Crippen LogP) is 1.83. The molecule has 5 heteroatoms. The molecule has 0 aromatic carbocycles. The lowest BCUT2D eigenvalue weighted by molar-refractivity contribution is 0.270. The molecule has 0 spiro atoms. The smallest absolute Gasteiger partial charge is 0.224 e. The largest absolute Gasteiger partial charge is 0.354 e. The van der Waals surface area contributed by atoms with Crippen LogP contribution < -0.4 is 10.2 Å². The van der Waals surface area contributed by atoms with E-state index in [0.29, 0.717) is 0 Å². The Morgan fingerprint density at radius 1 is 1.21 bits per heavy atom. The topological polar surface area (TPSA) is 44.3 Å². The third-order valence-electron chi connectivity index (χ3n) is 3.60. The van der Waals surface area contributed by atoms with E-state index in [1.807, 2.05) is 12.3 Å². The minimum Gasteiger partial charge on any atom is -0.354 e. The molecule has 2 heterocycles. The number of unbranched alkanes of at least 4 members (excludes halogenated alkanes) is 1. The number of aromatic nitrogens is 2. The molecule has 0 aliphatic carbocycles. The van der Waals surface area contributed by atoms with Crippen molar-refractivity contribution in [2.45, 2.75) is 26.7 Å². The summed E-state index contributed by atoms with van der Waals surface area (Å²) in [6.45, 7) is 10.9. The summed E-state index contributed by atoms with van der Waals surface area (Å²) in [4.78, 5) is 13.7. The van der Waals surface area contributed by atoms with Gasteiger partial charge in [0.2, 0.25) is 5.95 Å². The quantitative estimate of drug-likeness (QED) is 0.793. The van der Waals surface area contributed by atoms with E-state index in [2.05, 4.69) is 38.9 Å². The SMILES string of the molecule is CCCCNc1nccc(N2CCN(CC)CC2)n1. The maximum Gasteiger partial charge on any atom is 0.224 e. The van der Waals surface area contributed by atoms with Gasteiger partial charge in [0.15, 0.2) is 0 Å². The molecule has 0 amide bonds. The third kappa shape index (κ3) is 4.06. The highest BCUT2D eigenvalue weighted by Crippen LogP contribution is 2.14. The molecule has 0 atom stereocenters. The molecule has 1 aliphatic rings. The van der Waals surface area contributed by atoms with Crippen molar-refractivity contribution in [1.29, 1.82) is 0 Å². The van der Waals surface area contributed by atoms with Crippen molar-refractivity contribution in [2.24, 2.45) is 0 Å². The Morgan fingerprint density at radius 2 is 2.00 bits per heavy atom. The van der Waals surface area contributed by atoms with Gasteiger partial charge in [0.05, 0.1) is 0 Å². The highest BCUT2D eigenvalue weighted by atomic mass is 15.3. The van der Waals surface area contributed by atoms with E-state index < -0.39 is 0 Å². The number of likely N-dealkylation sites (N-methyl/N-ethyl adjacent to an activating group) is 1. The highest BCUT2D eigenvalue weighted by Gasteiger charge is 2.16. The second kappa shape index (κ2) is 7.28. The predicted molar refractivity (Wildman–Crippen MR) is 79.8 cm³/mol. The van der Waals surface area contributed by atoms with Crippen LogP contribution in [0.2, 0.25) is 0 Å². The van der Waals surface area contributed by atoms with Crippen LogP contribution in [0.4, 0.5) is 11.8 Å². The van der Waals surface area contributed by atoms with Gasteiger partial charge in [-0.05, 0) is 19.0 Å². The molecule has 1 aromatic rings. The molecule has 1 saturated heterocycles. The van der Waals surface area contributed by atoms with Crippen LogP contribution in [0.5, 0.6) is 0 Å². The Labute approximate surface area is 116 Å². The molecular formula is C14H25N5. The van der Waals surface area contributed by atoms with Crippen molar-refractivity contribution in [3.8, 4) is 0 Å². The second-order valence-corrected chi connectivity index (χ2v) is 4.94. The lowest BCUT2D eigenvalue weighted by atomic mass is 10.3. The van der Waals surface area contributed by atoms with E-state index in [1.165, 1.54) is 6.42 Å². The molecule has 2 rings (SSSR count). The number of nitrogens with zero attached hydrogens (tertiary/aromatic N) is 4. The maximum atomic E-state index is 4.60. The van der Waals surface area contributed by atoms with Crippen LogP contribution in [0.3, 0.4) is 0 Å². The van der Waals surface area contributed by atoms with Crippen molar-refractivity contribution >= 4 is 11.8 Å². The van der Waals surface area contributed by atoms with Crippen molar-refractivity contribution in [3.05, 3.63) is 12.3 Å². The Hall–Kier alpha value is -1.36. The molecule has 0 radical (unpaired) electrons. The zero-order valence-corrected chi connectivity index (χ0v) is 12.1. The van der Waals surface area contributed by atoms with Crippen molar-refractivity contribution < 1.29 is 0 Å². The van der Waals surface area contributed by atoms with E-state index >= 15 is 0 Å². The minimum absolute atomic E-state index is 0.754. The summed E-state index contributed by atoms with van der Waals surface area (Å²) in [5.74, 6) is 1.80. The molecular weight excluding hydrogens is 238 g/mol. The van der Waals surface area contributed by atoms with E-state index in [4.69, 9.17) is 0 Å². The monoisotopic (exact) mass is 263 g/mol. The Bertz CT molecular complexity index is 374. The third-order valence-corrected chi connectivity index (χ3v) is 3.60. The maximum absolute atomic E-state index is 4.60. The molecule has 19 heavy (non-hydrogen) atoms. The summed E-state index contributed by atoms with van der Waals surface area (Å²) < 4.78 is 0. The van der Waals surface area contributed by atoms with E-state index in [9.17, 15) is 0 Å². The van der Waals surface area contributed by atoms with Gasteiger partial charge >= 0.3 is 0 Å². The first-order chi connectivity index (χ1) is 9.33. The van der Waals surface area contributed by atoms with Gasteiger partial charge in [-0.15, -0.1) is 0 Å². The molecule has 1 aromatic heterocycles. The van der Waals surface area contributed by atoms with Crippen molar-refractivity contribution in [2.75, 3.05) is 49.5 Å².